The number of hydrogen-bond donors (Lipinski definition) is 1. The molecule has 1 fully saturated rings. The summed E-state index contributed by atoms with van der Waals surface area (Å²) < 4.78 is 4.76. The van der Waals surface area contributed by atoms with Crippen molar-refractivity contribution in [3.63, 3.8) is 0 Å². The van der Waals surface area contributed by atoms with Crippen molar-refractivity contribution in [2.45, 2.75) is 25.8 Å². The lowest BCUT2D eigenvalue weighted by atomic mass is 9.87. The van der Waals surface area contributed by atoms with Gasteiger partial charge in [0.25, 0.3) is 5.91 Å². The van der Waals surface area contributed by atoms with Crippen LogP contribution in [0.2, 0.25) is 5.02 Å². The van der Waals surface area contributed by atoms with Gasteiger partial charge in [-0.1, -0.05) is 36.7 Å². The molecule has 1 aliphatic rings. The Kier molecular flexibility index (Phi) is 5.62. The molecule has 6 nitrogen and oxygen atoms in total. The molecular weight excluding hydrogens is 332 g/mol. The number of carbonyl (C=O) groups excluding carboxylic acids is 3. The summed E-state index contributed by atoms with van der Waals surface area (Å²) >= 11 is 5.89. The lowest BCUT2D eigenvalue weighted by Crippen LogP contribution is -2.43. The van der Waals surface area contributed by atoms with Gasteiger partial charge < -0.3 is 10.1 Å². The van der Waals surface area contributed by atoms with Crippen molar-refractivity contribution in [3.05, 3.63) is 47.0 Å². The molecular formula is C17H19ClN2O4. The van der Waals surface area contributed by atoms with Crippen LogP contribution in [0, 0.1) is 0 Å². The van der Waals surface area contributed by atoms with E-state index < -0.39 is 17.5 Å². The molecule has 3 amide bonds. The van der Waals surface area contributed by atoms with Gasteiger partial charge >= 0.3 is 12.0 Å². The fourth-order valence-electron chi connectivity index (χ4n) is 2.61. The van der Waals surface area contributed by atoms with Crippen LogP contribution in [0.3, 0.4) is 0 Å². The second-order valence-corrected chi connectivity index (χ2v) is 5.70. The van der Waals surface area contributed by atoms with Crippen LogP contribution in [0.5, 0.6) is 0 Å². The van der Waals surface area contributed by atoms with Crippen LogP contribution in [-0.4, -0.2) is 36.0 Å². The zero-order chi connectivity index (χ0) is 17.7. The van der Waals surface area contributed by atoms with E-state index in [0.717, 1.165) is 4.90 Å². The lowest BCUT2D eigenvalue weighted by Gasteiger charge is -2.25. The zero-order valence-electron chi connectivity index (χ0n) is 13.5. The minimum Gasteiger partial charge on any atom is -0.463 e. The molecule has 0 saturated carbocycles. The second kappa shape index (κ2) is 7.49. The second-order valence-electron chi connectivity index (χ2n) is 5.27. The highest BCUT2D eigenvalue weighted by Gasteiger charge is 2.50. The molecule has 1 atom stereocenters. The Bertz CT molecular complexity index is 672. The maximum atomic E-state index is 12.8. The number of esters is 1. The first-order valence-corrected chi connectivity index (χ1v) is 8.05. The number of rotatable bonds is 6. The van der Waals surface area contributed by atoms with Gasteiger partial charge in [-0.2, -0.15) is 0 Å². The van der Waals surface area contributed by atoms with Gasteiger partial charge in [0.1, 0.15) is 5.54 Å². The highest BCUT2D eigenvalue weighted by Crippen LogP contribution is 2.32. The standard InChI is InChI=1S/C17H19ClN2O4/c1-3-17(12-7-9-13(18)10-8-12)15(22)20(16(23)19-17)11-5-6-14(21)24-4-2/h5-10H,3-4,11H2,1-2H3,(H,19,23). The monoisotopic (exact) mass is 350 g/mol. The molecule has 1 aromatic rings. The van der Waals surface area contributed by atoms with Crippen molar-refractivity contribution in [1.82, 2.24) is 10.2 Å². The van der Waals surface area contributed by atoms with E-state index in [9.17, 15) is 14.4 Å². The minimum absolute atomic E-state index is 0.00117. The summed E-state index contributed by atoms with van der Waals surface area (Å²) in [6.45, 7) is 3.79. The summed E-state index contributed by atoms with van der Waals surface area (Å²) in [6.07, 6.45) is 3.04. The molecule has 1 N–H and O–H groups in total. The van der Waals surface area contributed by atoms with Gasteiger partial charge in [0.05, 0.1) is 6.61 Å². The van der Waals surface area contributed by atoms with Crippen LogP contribution in [0.25, 0.3) is 0 Å². The van der Waals surface area contributed by atoms with Gasteiger partial charge in [-0.25, -0.2) is 9.59 Å². The van der Waals surface area contributed by atoms with Gasteiger partial charge in [-0.15, -0.1) is 0 Å². The Morgan fingerprint density at radius 3 is 2.54 bits per heavy atom. The summed E-state index contributed by atoms with van der Waals surface area (Å²) in [6, 6.07) is 6.31. The number of nitrogens with one attached hydrogen (secondary N) is 1. The molecule has 1 aliphatic heterocycles. The molecule has 0 aliphatic carbocycles. The smallest absolute Gasteiger partial charge is 0.330 e. The van der Waals surface area contributed by atoms with Crippen LogP contribution in [0.15, 0.2) is 36.4 Å². The molecule has 2 rings (SSSR count). The van der Waals surface area contributed by atoms with Crippen molar-refractivity contribution < 1.29 is 19.1 Å². The molecule has 0 aromatic heterocycles. The first kappa shape index (κ1) is 18.0. The summed E-state index contributed by atoms with van der Waals surface area (Å²) in [5.74, 6) is -0.866. The van der Waals surface area contributed by atoms with Crippen LogP contribution < -0.4 is 5.32 Å². The molecule has 0 radical (unpaired) electrons. The van der Waals surface area contributed by atoms with Crippen molar-refractivity contribution in [2.75, 3.05) is 13.2 Å². The van der Waals surface area contributed by atoms with Gasteiger partial charge in [0.15, 0.2) is 0 Å². The first-order valence-electron chi connectivity index (χ1n) is 7.68. The van der Waals surface area contributed by atoms with Crippen molar-refractivity contribution in [1.29, 1.82) is 0 Å². The maximum absolute atomic E-state index is 12.8. The van der Waals surface area contributed by atoms with E-state index in [1.54, 1.807) is 31.2 Å². The van der Waals surface area contributed by atoms with E-state index in [-0.39, 0.29) is 19.1 Å². The third kappa shape index (κ3) is 3.43. The molecule has 1 unspecified atom stereocenters. The van der Waals surface area contributed by atoms with Crippen LogP contribution >= 0.6 is 11.6 Å². The third-order valence-electron chi connectivity index (χ3n) is 3.87. The van der Waals surface area contributed by atoms with Gasteiger partial charge in [-0.3, -0.25) is 9.69 Å². The Morgan fingerprint density at radius 2 is 1.96 bits per heavy atom. The summed E-state index contributed by atoms with van der Waals surface area (Å²) in [5, 5.41) is 3.31. The molecule has 0 spiro atoms. The summed E-state index contributed by atoms with van der Waals surface area (Å²) in [5.41, 5.74) is -0.441. The molecule has 128 valence electrons. The number of halogens is 1. The van der Waals surface area contributed by atoms with Crippen molar-refractivity contribution in [2.24, 2.45) is 0 Å². The predicted molar refractivity (Wildman–Crippen MR) is 89.4 cm³/mol. The van der Waals surface area contributed by atoms with Crippen LogP contribution in [-0.2, 0) is 19.9 Å². The fourth-order valence-corrected chi connectivity index (χ4v) is 2.74. The Balaban J connectivity index is 2.20. The number of amides is 3. The Labute approximate surface area is 145 Å². The molecule has 1 aromatic carbocycles. The number of nitrogens with zero attached hydrogens (tertiary/aromatic N) is 1. The zero-order valence-corrected chi connectivity index (χ0v) is 14.3. The van der Waals surface area contributed by atoms with E-state index in [2.05, 4.69) is 5.32 Å². The average Bonchev–Trinajstić information content (AvgIpc) is 2.80. The van der Waals surface area contributed by atoms with Crippen molar-refractivity contribution >= 4 is 29.5 Å². The van der Waals surface area contributed by atoms with E-state index in [4.69, 9.17) is 16.3 Å². The van der Waals surface area contributed by atoms with E-state index in [0.29, 0.717) is 17.0 Å². The highest BCUT2D eigenvalue weighted by atomic mass is 35.5. The van der Waals surface area contributed by atoms with E-state index in [1.807, 2.05) is 6.92 Å². The number of imide groups is 1. The SMILES string of the molecule is CCOC(=O)C=CCN1C(=O)NC(CC)(c2ccc(Cl)cc2)C1=O. The molecule has 7 heteroatoms. The van der Waals surface area contributed by atoms with E-state index in [1.165, 1.54) is 12.2 Å². The van der Waals surface area contributed by atoms with Gasteiger partial charge in [0.2, 0.25) is 0 Å². The number of benzene rings is 1. The number of ether oxygens (including phenoxy) is 1. The third-order valence-corrected chi connectivity index (χ3v) is 4.12. The Hall–Kier alpha value is -2.34. The van der Waals surface area contributed by atoms with E-state index >= 15 is 0 Å². The fraction of sp³-hybridized carbons (Fsp3) is 0.353. The first-order chi connectivity index (χ1) is 11.4. The number of hydrogen-bond acceptors (Lipinski definition) is 4. The van der Waals surface area contributed by atoms with Crippen LogP contribution in [0.1, 0.15) is 25.8 Å². The summed E-state index contributed by atoms with van der Waals surface area (Å²) in [7, 11) is 0. The highest BCUT2D eigenvalue weighted by molar-refractivity contribution is 6.30. The molecule has 1 saturated heterocycles. The molecule has 24 heavy (non-hydrogen) atoms. The predicted octanol–water partition coefficient (Wildman–Crippen LogP) is 2.62. The topological polar surface area (TPSA) is 75.7 Å². The maximum Gasteiger partial charge on any atom is 0.330 e. The minimum atomic E-state index is -1.11. The normalized spacial score (nSPS) is 20.5. The Morgan fingerprint density at radius 1 is 1.29 bits per heavy atom. The van der Waals surface area contributed by atoms with Gasteiger partial charge in [-0.05, 0) is 31.0 Å². The van der Waals surface area contributed by atoms with Crippen LogP contribution in [0.4, 0.5) is 4.79 Å². The number of urea groups is 1. The quantitative estimate of drug-likeness (QED) is 0.486. The van der Waals surface area contributed by atoms with Crippen molar-refractivity contribution in [3.8, 4) is 0 Å². The largest absolute Gasteiger partial charge is 0.463 e. The summed E-state index contributed by atoms with van der Waals surface area (Å²) in [4.78, 5) is 37.4. The molecule has 1 heterocycles. The number of carbonyl (C=O) groups is 3. The average molecular weight is 351 g/mol. The molecule has 0 bridgehead atoms. The lowest BCUT2D eigenvalue weighted by molar-refractivity contribution is -0.137. The van der Waals surface area contributed by atoms with Gasteiger partial charge in [0, 0.05) is 17.6 Å².